The number of hydrogen-bond acceptors (Lipinski definition) is 4. The molecular weight excluding hydrogens is 286 g/mol. The first-order chi connectivity index (χ1) is 9.77. The van der Waals surface area contributed by atoms with Gasteiger partial charge in [-0.3, -0.25) is 0 Å². The van der Waals surface area contributed by atoms with Crippen molar-refractivity contribution in [2.24, 2.45) is 5.73 Å². The van der Waals surface area contributed by atoms with Crippen LogP contribution in [0, 0.1) is 13.8 Å². The van der Waals surface area contributed by atoms with Gasteiger partial charge in [-0.1, -0.05) is 6.07 Å². The standard InChI is InChI=1S/C15H25N3O2S/c1-11-7-12(2)15(8-14(11)9-16)21(19,20)18-6-5-17(4)13(3)10-18/h7-8,13H,5-6,9-10,16H2,1-4H3. The van der Waals surface area contributed by atoms with Gasteiger partial charge in [0.05, 0.1) is 4.90 Å². The molecule has 21 heavy (non-hydrogen) atoms. The Morgan fingerprint density at radius 2 is 1.90 bits per heavy atom. The van der Waals surface area contributed by atoms with Crippen LogP contribution in [0.2, 0.25) is 0 Å². The van der Waals surface area contributed by atoms with Crippen molar-refractivity contribution >= 4 is 10.0 Å². The van der Waals surface area contributed by atoms with Gasteiger partial charge in [0.1, 0.15) is 0 Å². The van der Waals surface area contributed by atoms with Crippen LogP contribution in [0.4, 0.5) is 0 Å². The number of nitrogens with two attached hydrogens (primary N) is 1. The molecule has 1 saturated heterocycles. The topological polar surface area (TPSA) is 66.6 Å². The van der Waals surface area contributed by atoms with Crippen molar-refractivity contribution in [3.05, 3.63) is 28.8 Å². The number of aryl methyl sites for hydroxylation is 2. The minimum Gasteiger partial charge on any atom is -0.326 e. The summed E-state index contributed by atoms with van der Waals surface area (Å²) in [5.41, 5.74) is 8.44. The van der Waals surface area contributed by atoms with Crippen LogP contribution < -0.4 is 5.73 Å². The summed E-state index contributed by atoms with van der Waals surface area (Å²) in [6, 6.07) is 3.88. The average Bonchev–Trinajstić information content (AvgIpc) is 2.41. The van der Waals surface area contributed by atoms with Gasteiger partial charge in [0.25, 0.3) is 0 Å². The third-order valence-electron chi connectivity index (χ3n) is 4.39. The molecule has 118 valence electrons. The Morgan fingerprint density at radius 1 is 1.24 bits per heavy atom. The first-order valence-electron chi connectivity index (χ1n) is 7.28. The summed E-state index contributed by atoms with van der Waals surface area (Å²) in [5.74, 6) is 0. The van der Waals surface area contributed by atoms with E-state index in [1.165, 1.54) is 0 Å². The van der Waals surface area contributed by atoms with Crippen LogP contribution in [0.25, 0.3) is 0 Å². The molecule has 0 amide bonds. The highest BCUT2D eigenvalue weighted by molar-refractivity contribution is 7.89. The van der Waals surface area contributed by atoms with Crippen molar-refractivity contribution in [2.75, 3.05) is 26.7 Å². The van der Waals surface area contributed by atoms with Crippen LogP contribution in [0.3, 0.4) is 0 Å². The molecule has 1 aliphatic rings. The van der Waals surface area contributed by atoms with Gasteiger partial charge in [0.2, 0.25) is 10.0 Å². The van der Waals surface area contributed by atoms with Crippen LogP contribution in [-0.2, 0) is 16.6 Å². The smallest absolute Gasteiger partial charge is 0.243 e. The first kappa shape index (κ1) is 16.4. The predicted molar refractivity (Wildman–Crippen MR) is 84.7 cm³/mol. The van der Waals surface area contributed by atoms with E-state index in [0.717, 1.165) is 23.2 Å². The molecule has 0 aromatic heterocycles. The van der Waals surface area contributed by atoms with Crippen LogP contribution in [0.1, 0.15) is 23.6 Å². The second kappa shape index (κ2) is 6.04. The average molecular weight is 311 g/mol. The molecule has 6 heteroatoms. The third-order valence-corrected chi connectivity index (χ3v) is 6.40. The van der Waals surface area contributed by atoms with E-state index in [4.69, 9.17) is 5.73 Å². The van der Waals surface area contributed by atoms with Crippen LogP contribution in [0.5, 0.6) is 0 Å². The minimum atomic E-state index is -3.45. The second-order valence-electron chi connectivity index (χ2n) is 5.94. The summed E-state index contributed by atoms with van der Waals surface area (Å²) < 4.78 is 27.4. The van der Waals surface area contributed by atoms with Crippen molar-refractivity contribution < 1.29 is 8.42 Å². The first-order valence-corrected chi connectivity index (χ1v) is 8.72. The van der Waals surface area contributed by atoms with E-state index in [2.05, 4.69) is 11.8 Å². The van der Waals surface area contributed by atoms with Gasteiger partial charge < -0.3 is 10.6 Å². The molecule has 0 saturated carbocycles. The fraction of sp³-hybridized carbons (Fsp3) is 0.600. The molecule has 1 fully saturated rings. The Kier molecular flexibility index (Phi) is 4.72. The predicted octanol–water partition coefficient (Wildman–Crippen LogP) is 1.09. The monoisotopic (exact) mass is 311 g/mol. The molecule has 0 bridgehead atoms. The van der Waals surface area contributed by atoms with Crippen LogP contribution >= 0.6 is 0 Å². The molecule has 0 radical (unpaired) electrons. The van der Waals surface area contributed by atoms with Gasteiger partial charge in [0.15, 0.2) is 0 Å². The van der Waals surface area contributed by atoms with E-state index in [1.54, 1.807) is 10.4 Å². The van der Waals surface area contributed by atoms with Crippen LogP contribution in [-0.4, -0.2) is 50.3 Å². The maximum absolute atomic E-state index is 12.9. The number of hydrogen-bond donors (Lipinski definition) is 1. The van der Waals surface area contributed by atoms with E-state index < -0.39 is 10.0 Å². The lowest BCUT2D eigenvalue weighted by molar-refractivity contribution is 0.159. The summed E-state index contributed by atoms with van der Waals surface area (Å²) in [6.07, 6.45) is 0. The molecule has 1 aromatic carbocycles. The maximum Gasteiger partial charge on any atom is 0.243 e. The van der Waals surface area contributed by atoms with Crippen molar-refractivity contribution in [2.45, 2.75) is 38.3 Å². The van der Waals surface area contributed by atoms with Crippen molar-refractivity contribution in [1.82, 2.24) is 9.21 Å². The van der Waals surface area contributed by atoms with Crippen molar-refractivity contribution in [3.63, 3.8) is 0 Å². The highest BCUT2D eigenvalue weighted by Gasteiger charge is 2.32. The Morgan fingerprint density at radius 3 is 2.48 bits per heavy atom. The van der Waals surface area contributed by atoms with E-state index in [-0.39, 0.29) is 6.04 Å². The number of rotatable bonds is 3. The van der Waals surface area contributed by atoms with Gasteiger partial charge >= 0.3 is 0 Å². The van der Waals surface area contributed by atoms with E-state index >= 15 is 0 Å². The maximum atomic E-state index is 12.9. The summed E-state index contributed by atoms with van der Waals surface area (Å²) in [5, 5.41) is 0. The molecule has 1 aliphatic heterocycles. The molecule has 1 aromatic rings. The molecule has 2 rings (SSSR count). The minimum absolute atomic E-state index is 0.230. The lowest BCUT2D eigenvalue weighted by atomic mass is 10.1. The number of piperazine rings is 1. The summed E-state index contributed by atoms with van der Waals surface area (Å²) in [7, 11) is -1.42. The Balaban J connectivity index is 2.40. The summed E-state index contributed by atoms with van der Waals surface area (Å²) in [6.45, 7) is 8.04. The molecule has 1 heterocycles. The van der Waals surface area contributed by atoms with Gasteiger partial charge in [-0.15, -0.1) is 0 Å². The molecule has 5 nitrogen and oxygen atoms in total. The van der Waals surface area contributed by atoms with Gasteiger partial charge in [0, 0.05) is 32.2 Å². The fourth-order valence-corrected chi connectivity index (χ4v) is 4.51. The Hall–Kier alpha value is -0.950. The van der Waals surface area contributed by atoms with Gasteiger partial charge in [-0.25, -0.2) is 8.42 Å². The Bertz CT molecular complexity index is 628. The highest BCUT2D eigenvalue weighted by atomic mass is 32.2. The zero-order valence-electron chi connectivity index (χ0n) is 13.3. The molecule has 2 N–H and O–H groups in total. The van der Waals surface area contributed by atoms with Crippen molar-refractivity contribution in [3.8, 4) is 0 Å². The van der Waals surface area contributed by atoms with E-state index in [0.29, 0.717) is 24.5 Å². The molecule has 0 aliphatic carbocycles. The number of likely N-dealkylation sites (N-methyl/N-ethyl adjacent to an activating group) is 1. The normalized spacial score (nSPS) is 21.7. The summed E-state index contributed by atoms with van der Waals surface area (Å²) >= 11 is 0. The molecular formula is C15H25N3O2S. The van der Waals surface area contributed by atoms with Crippen molar-refractivity contribution in [1.29, 1.82) is 0 Å². The van der Waals surface area contributed by atoms with E-state index in [1.807, 2.05) is 27.0 Å². The third kappa shape index (κ3) is 3.13. The van der Waals surface area contributed by atoms with Crippen LogP contribution in [0.15, 0.2) is 17.0 Å². The van der Waals surface area contributed by atoms with Gasteiger partial charge in [-0.2, -0.15) is 4.31 Å². The zero-order chi connectivity index (χ0) is 15.8. The lowest BCUT2D eigenvalue weighted by Crippen LogP contribution is -2.51. The second-order valence-corrected chi connectivity index (χ2v) is 7.85. The SMILES string of the molecule is Cc1cc(C)c(S(=O)(=O)N2CCN(C)C(C)C2)cc1CN. The largest absolute Gasteiger partial charge is 0.326 e. The fourth-order valence-electron chi connectivity index (χ4n) is 2.74. The number of sulfonamides is 1. The summed E-state index contributed by atoms with van der Waals surface area (Å²) in [4.78, 5) is 2.57. The van der Waals surface area contributed by atoms with E-state index in [9.17, 15) is 8.42 Å². The zero-order valence-corrected chi connectivity index (χ0v) is 14.1. The highest BCUT2D eigenvalue weighted by Crippen LogP contribution is 2.25. The number of benzene rings is 1. The molecule has 1 atom stereocenters. The van der Waals surface area contributed by atoms with Gasteiger partial charge in [-0.05, 0) is 50.6 Å². The quantitative estimate of drug-likeness (QED) is 0.907. The lowest BCUT2D eigenvalue weighted by Gasteiger charge is -2.37. The molecule has 0 spiro atoms. The molecule has 1 unspecified atom stereocenters. The number of nitrogens with zero attached hydrogens (tertiary/aromatic N) is 2. The Labute approximate surface area is 127 Å².